The van der Waals surface area contributed by atoms with E-state index in [1.165, 1.54) is 11.1 Å². The number of carbonyl (C=O) groups is 1. The largest absolute Gasteiger partial charge is 0.340 e. The summed E-state index contributed by atoms with van der Waals surface area (Å²) >= 11 is 0. The zero-order valence-corrected chi connectivity index (χ0v) is 16.5. The SMILES string of the molecule is Cc1ccc([C@H](NC(=O)c2cc3n(n2)CCN(C)C3)c2cccnc2)cc1C. The van der Waals surface area contributed by atoms with E-state index in [0.717, 1.165) is 36.5 Å². The van der Waals surface area contributed by atoms with Crippen molar-refractivity contribution in [3.05, 3.63) is 82.4 Å². The van der Waals surface area contributed by atoms with Crippen molar-refractivity contribution in [2.75, 3.05) is 13.6 Å². The molecular weight excluding hydrogens is 350 g/mol. The third-order valence-electron chi connectivity index (χ3n) is 5.38. The first-order valence-electron chi connectivity index (χ1n) is 9.54. The van der Waals surface area contributed by atoms with Crippen LogP contribution in [0.2, 0.25) is 0 Å². The lowest BCUT2D eigenvalue weighted by Gasteiger charge is -2.22. The van der Waals surface area contributed by atoms with Crippen LogP contribution in [0.4, 0.5) is 0 Å². The van der Waals surface area contributed by atoms with Crippen LogP contribution in [0.1, 0.15) is 44.5 Å². The monoisotopic (exact) mass is 375 g/mol. The maximum absolute atomic E-state index is 13.0. The molecule has 0 saturated carbocycles. The van der Waals surface area contributed by atoms with E-state index >= 15 is 0 Å². The van der Waals surface area contributed by atoms with Crippen molar-refractivity contribution in [3.8, 4) is 0 Å². The number of hydrogen-bond acceptors (Lipinski definition) is 4. The number of aryl methyl sites for hydroxylation is 2. The Labute approximate surface area is 165 Å². The second kappa shape index (κ2) is 7.56. The van der Waals surface area contributed by atoms with Crippen LogP contribution in [0, 0.1) is 13.8 Å². The molecule has 4 rings (SSSR count). The van der Waals surface area contributed by atoms with Crippen molar-refractivity contribution in [1.82, 2.24) is 25.0 Å². The first-order valence-corrected chi connectivity index (χ1v) is 9.54. The van der Waals surface area contributed by atoms with Gasteiger partial charge in [0.2, 0.25) is 0 Å². The van der Waals surface area contributed by atoms with E-state index in [1.54, 1.807) is 12.4 Å². The number of nitrogens with one attached hydrogen (secondary N) is 1. The summed E-state index contributed by atoms with van der Waals surface area (Å²) in [5, 5.41) is 7.68. The van der Waals surface area contributed by atoms with Crippen molar-refractivity contribution in [3.63, 3.8) is 0 Å². The molecule has 1 atom stereocenters. The van der Waals surface area contributed by atoms with Gasteiger partial charge in [-0.3, -0.25) is 19.4 Å². The standard InChI is InChI=1S/C22H25N5O/c1-15-6-7-17(11-16(15)2)21(18-5-4-8-23-13-18)24-22(28)20-12-19-14-26(3)9-10-27(19)25-20/h4-8,11-13,21H,9-10,14H2,1-3H3,(H,24,28)/t21-/m0/s1. The van der Waals surface area contributed by atoms with E-state index in [9.17, 15) is 4.79 Å². The predicted octanol–water partition coefficient (Wildman–Crippen LogP) is 2.86. The number of pyridine rings is 1. The molecule has 1 N–H and O–H groups in total. The molecule has 0 radical (unpaired) electrons. The van der Waals surface area contributed by atoms with Crippen LogP contribution in [0.15, 0.2) is 48.8 Å². The lowest BCUT2D eigenvalue weighted by Crippen LogP contribution is -2.31. The summed E-state index contributed by atoms with van der Waals surface area (Å²) in [6, 6.07) is 11.8. The highest BCUT2D eigenvalue weighted by Crippen LogP contribution is 2.24. The summed E-state index contributed by atoms with van der Waals surface area (Å²) in [4.78, 5) is 19.5. The van der Waals surface area contributed by atoms with Crippen LogP contribution < -0.4 is 5.32 Å². The second-order valence-electron chi connectivity index (χ2n) is 7.52. The van der Waals surface area contributed by atoms with Crippen LogP contribution in [0.25, 0.3) is 0 Å². The highest BCUT2D eigenvalue weighted by Gasteiger charge is 2.23. The number of hydrogen-bond donors (Lipinski definition) is 1. The Morgan fingerprint density at radius 1 is 1.11 bits per heavy atom. The van der Waals surface area contributed by atoms with Crippen molar-refractivity contribution < 1.29 is 4.79 Å². The molecule has 1 aliphatic rings. The number of carbonyl (C=O) groups excluding carboxylic acids is 1. The number of benzene rings is 1. The molecule has 0 saturated heterocycles. The van der Waals surface area contributed by atoms with Crippen molar-refractivity contribution in [2.45, 2.75) is 33.0 Å². The van der Waals surface area contributed by atoms with Gasteiger partial charge < -0.3 is 5.32 Å². The molecule has 3 heterocycles. The maximum Gasteiger partial charge on any atom is 0.272 e. The molecule has 0 unspecified atom stereocenters. The first-order chi connectivity index (χ1) is 13.5. The fourth-order valence-corrected chi connectivity index (χ4v) is 3.56. The van der Waals surface area contributed by atoms with Gasteiger partial charge in [0.05, 0.1) is 18.3 Å². The van der Waals surface area contributed by atoms with Gasteiger partial charge in [-0.25, -0.2) is 0 Å². The summed E-state index contributed by atoms with van der Waals surface area (Å²) in [6.45, 7) is 6.73. The molecule has 0 spiro atoms. The molecule has 3 aromatic rings. The average Bonchev–Trinajstić information content (AvgIpc) is 3.12. The fraction of sp³-hybridized carbons (Fsp3) is 0.318. The molecule has 0 aliphatic carbocycles. The highest BCUT2D eigenvalue weighted by molar-refractivity contribution is 5.93. The Hall–Kier alpha value is -2.99. The van der Waals surface area contributed by atoms with Gasteiger partial charge in [-0.1, -0.05) is 24.3 Å². The van der Waals surface area contributed by atoms with Gasteiger partial charge >= 0.3 is 0 Å². The minimum atomic E-state index is -0.276. The van der Waals surface area contributed by atoms with Gasteiger partial charge in [0.1, 0.15) is 0 Å². The van der Waals surface area contributed by atoms with Gasteiger partial charge in [-0.05, 0) is 55.3 Å². The highest BCUT2D eigenvalue weighted by atomic mass is 16.2. The molecule has 2 aromatic heterocycles. The molecule has 1 aromatic carbocycles. The summed E-state index contributed by atoms with van der Waals surface area (Å²) in [5.41, 5.74) is 5.94. The minimum absolute atomic E-state index is 0.170. The molecule has 1 amide bonds. The third kappa shape index (κ3) is 3.68. The molecule has 28 heavy (non-hydrogen) atoms. The van der Waals surface area contributed by atoms with E-state index in [1.807, 2.05) is 22.9 Å². The lowest BCUT2D eigenvalue weighted by molar-refractivity contribution is 0.0937. The van der Waals surface area contributed by atoms with Crippen molar-refractivity contribution in [2.24, 2.45) is 0 Å². The summed E-state index contributed by atoms with van der Waals surface area (Å²) in [7, 11) is 2.08. The van der Waals surface area contributed by atoms with Gasteiger partial charge in [0.25, 0.3) is 5.91 Å². The van der Waals surface area contributed by atoms with E-state index in [2.05, 4.69) is 59.4 Å². The minimum Gasteiger partial charge on any atom is -0.340 e. The number of nitrogens with zero attached hydrogens (tertiary/aromatic N) is 4. The number of fused-ring (bicyclic) bond motifs is 1. The Bertz CT molecular complexity index is 995. The quantitative estimate of drug-likeness (QED) is 0.762. The van der Waals surface area contributed by atoms with Crippen molar-refractivity contribution in [1.29, 1.82) is 0 Å². The fourth-order valence-electron chi connectivity index (χ4n) is 3.56. The molecule has 6 heteroatoms. The summed E-state index contributed by atoms with van der Waals surface area (Å²) in [6.07, 6.45) is 3.54. The van der Waals surface area contributed by atoms with Crippen LogP contribution in [0.5, 0.6) is 0 Å². The maximum atomic E-state index is 13.0. The number of amides is 1. The van der Waals surface area contributed by atoms with Gasteiger partial charge in [-0.15, -0.1) is 0 Å². The van der Waals surface area contributed by atoms with Gasteiger partial charge in [0, 0.05) is 25.5 Å². The Balaban J connectivity index is 1.64. The number of rotatable bonds is 4. The number of aromatic nitrogens is 3. The van der Waals surface area contributed by atoms with Crippen LogP contribution in [0.3, 0.4) is 0 Å². The van der Waals surface area contributed by atoms with Crippen molar-refractivity contribution >= 4 is 5.91 Å². The van der Waals surface area contributed by atoms with E-state index < -0.39 is 0 Å². The molecule has 6 nitrogen and oxygen atoms in total. The predicted molar refractivity (Wildman–Crippen MR) is 108 cm³/mol. The summed E-state index contributed by atoms with van der Waals surface area (Å²) in [5.74, 6) is -0.170. The Morgan fingerprint density at radius 3 is 2.71 bits per heavy atom. The van der Waals surface area contributed by atoms with E-state index in [0.29, 0.717) is 5.69 Å². The molecule has 144 valence electrons. The average molecular weight is 375 g/mol. The normalized spacial score (nSPS) is 15.1. The van der Waals surface area contributed by atoms with Crippen LogP contribution in [-0.2, 0) is 13.1 Å². The van der Waals surface area contributed by atoms with Gasteiger partial charge in [-0.2, -0.15) is 5.10 Å². The molecule has 1 aliphatic heterocycles. The van der Waals surface area contributed by atoms with E-state index in [-0.39, 0.29) is 11.9 Å². The number of likely N-dealkylation sites (N-methyl/N-ethyl adjacent to an activating group) is 1. The van der Waals surface area contributed by atoms with Gasteiger partial charge in [0.15, 0.2) is 5.69 Å². The van der Waals surface area contributed by atoms with Crippen LogP contribution >= 0.6 is 0 Å². The Kier molecular flexibility index (Phi) is 4.96. The zero-order valence-electron chi connectivity index (χ0n) is 16.5. The molecular formula is C22H25N5O. The topological polar surface area (TPSA) is 63.1 Å². The zero-order chi connectivity index (χ0) is 19.7. The molecule has 0 bridgehead atoms. The third-order valence-corrected chi connectivity index (χ3v) is 5.38. The van der Waals surface area contributed by atoms with Crippen LogP contribution in [-0.4, -0.2) is 39.2 Å². The Morgan fingerprint density at radius 2 is 1.96 bits per heavy atom. The lowest BCUT2D eigenvalue weighted by atomic mass is 9.96. The summed E-state index contributed by atoms with van der Waals surface area (Å²) < 4.78 is 1.93. The first kappa shape index (κ1) is 18.4. The van der Waals surface area contributed by atoms with E-state index in [4.69, 9.17) is 0 Å². The molecule has 0 fully saturated rings. The smallest absolute Gasteiger partial charge is 0.272 e. The second-order valence-corrected chi connectivity index (χ2v) is 7.52.